The van der Waals surface area contributed by atoms with E-state index < -0.39 is 0 Å². The Morgan fingerprint density at radius 1 is 0.950 bits per heavy atom. The van der Waals surface area contributed by atoms with E-state index in [1.165, 1.54) is 5.56 Å². The fraction of sp³-hybridized carbons (Fsp3) is 0.167. The third-order valence-corrected chi connectivity index (χ3v) is 3.51. The van der Waals surface area contributed by atoms with Crippen molar-refractivity contribution in [3.05, 3.63) is 83.4 Å². The van der Waals surface area contributed by atoms with E-state index in [1.807, 2.05) is 54.6 Å². The molecule has 1 aliphatic rings. The third kappa shape index (κ3) is 2.70. The maximum absolute atomic E-state index is 12.4. The van der Waals surface area contributed by atoms with E-state index in [0.717, 1.165) is 11.1 Å². The van der Waals surface area contributed by atoms with Gasteiger partial charge in [0.25, 0.3) is 0 Å². The molecule has 0 saturated carbocycles. The average Bonchev–Trinajstić information content (AvgIpc) is 2.56. The van der Waals surface area contributed by atoms with Crippen LogP contribution in [0.1, 0.15) is 21.8 Å². The van der Waals surface area contributed by atoms with Gasteiger partial charge in [-0.2, -0.15) is 0 Å². The van der Waals surface area contributed by atoms with Gasteiger partial charge in [-0.3, -0.25) is 4.79 Å². The lowest BCUT2D eigenvalue weighted by molar-refractivity contribution is 0.0951. The topological polar surface area (TPSA) is 26.3 Å². The molecule has 0 aromatic heterocycles. The number of Topliss-reactive ketones (excluding diaryl/α,β-unsaturated/α-hetero) is 1. The molecule has 1 atom stereocenters. The van der Waals surface area contributed by atoms with Gasteiger partial charge in [0.2, 0.25) is 0 Å². The predicted octanol–water partition coefficient (Wildman–Crippen LogP) is 3.61. The highest BCUT2D eigenvalue weighted by atomic mass is 16.5. The van der Waals surface area contributed by atoms with Crippen LogP contribution >= 0.6 is 0 Å². The van der Waals surface area contributed by atoms with Crippen LogP contribution in [-0.2, 0) is 4.74 Å². The highest BCUT2D eigenvalue weighted by Crippen LogP contribution is 2.24. The molecule has 0 amide bonds. The molecule has 0 bridgehead atoms. The highest BCUT2D eigenvalue weighted by Gasteiger charge is 2.20. The number of hydrogen-bond donors (Lipinski definition) is 0. The number of carbonyl (C=O) groups is 1. The van der Waals surface area contributed by atoms with Crippen LogP contribution in [0.3, 0.4) is 0 Å². The van der Waals surface area contributed by atoms with Gasteiger partial charge in [0.15, 0.2) is 5.78 Å². The molecule has 1 heterocycles. The molecular weight excluding hydrogens is 248 g/mol. The van der Waals surface area contributed by atoms with Crippen molar-refractivity contribution in [3.63, 3.8) is 0 Å². The molecule has 20 heavy (non-hydrogen) atoms. The Bertz CT molecular complexity index is 614. The zero-order valence-electron chi connectivity index (χ0n) is 11.2. The molecule has 0 aliphatic carbocycles. The summed E-state index contributed by atoms with van der Waals surface area (Å²) in [5, 5.41) is 0. The number of hydrogen-bond acceptors (Lipinski definition) is 2. The van der Waals surface area contributed by atoms with E-state index in [4.69, 9.17) is 4.74 Å². The zero-order chi connectivity index (χ0) is 13.8. The molecule has 0 spiro atoms. The molecule has 0 N–H and O–H groups in total. The van der Waals surface area contributed by atoms with Crippen LogP contribution < -0.4 is 0 Å². The summed E-state index contributed by atoms with van der Waals surface area (Å²) < 4.78 is 5.60. The van der Waals surface area contributed by atoms with Crippen LogP contribution in [0.2, 0.25) is 0 Å². The lowest BCUT2D eigenvalue weighted by Gasteiger charge is -2.21. The number of ketones is 1. The van der Waals surface area contributed by atoms with Gasteiger partial charge in [0.05, 0.1) is 13.2 Å². The average molecular weight is 264 g/mol. The summed E-state index contributed by atoms with van der Waals surface area (Å²) in [6.45, 7) is 1.03. The van der Waals surface area contributed by atoms with Gasteiger partial charge in [-0.25, -0.2) is 0 Å². The molecule has 0 saturated heterocycles. The fourth-order valence-corrected chi connectivity index (χ4v) is 2.44. The van der Waals surface area contributed by atoms with Gasteiger partial charge in [0, 0.05) is 17.1 Å². The smallest absolute Gasteiger partial charge is 0.191 e. The molecule has 2 aromatic rings. The van der Waals surface area contributed by atoms with Gasteiger partial charge < -0.3 is 4.74 Å². The Morgan fingerprint density at radius 3 is 2.30 bits per heavy atom. The molecule has 2 nitrogen and oxygen atoms in total. The van der Waals surface area contributed by atoms with Crippen molar-refractivity contribution in [1.29, 1.82) is 0 Å². The van der Waals surface area contributed by atoms with Crippen molar-refractivity contribution in [2.24, 2.45) is 0 Å². The molecule has 0 unspecified atom stereocenters. The van der Waals surface area contributed by atoms with Gasteiger partial charge in [0.1, 0.15) is 0 Å². The second-order valence-corrected chi connectivity index (χ2v) is 4.92. The Labute approximate surface area is 118 Å². The normalized spacial score (nSPS) is 18.4. The molecular formula is C18H16O2. The van der Waals surface area contributed by atoms with Crippen molar-refractivity contribution < 1.29 is 9.53 Å². The minimum absolute atomic E-state index is 0.0613. The van der Waals surface area contributed by atoms with Gasteiger partial charge in [-0.05, 0) is 5.56 Å². The Balaban J connectivity index is 1.87. The molecule has 0 radical (unpaired) electrons. The third-order valence-electron chi connectivity index (χ3n) is 3.51. The molecule has 1 aliphatic heterocycles. The van der Waals surface area contributed by atoms with Crippen LogP contribution in [0.5, 0.6) is 0 Å². The molecule has 2 heteroatoms. The van der Waals surface area contributed by atoms with Crippen molar-refractivity contribution in [3.8, 4) is 0 Å². The molecule has 3 rings (SSSR count). The first-order chi connectivity index (χ1) is 9.84. The van der Waals surface area contributed by atoms with E-state index in [2.05, 4.69) is 12.1 Å². The summed E-state index contributed by atoms with van der Waals surface area (Å²) >= 11 is 0. The van der Waals surface area contributed by atoms with Crippen LogP contribution in [0.4, 0.5) is 0 Å². The summed E-state index contributed by atoms with van der Waals surface area (Å²) in [5.41, 5.74) is 2.65. The van der Waals surface area contributed by atoms with E-state index >= 15 is 0 Å². The maximum atomic E-state index is 12.4. The Kier molecular flexibility index (Phi) is 3.75. The fourth-order valence-electron chi connectivity index (χ4n) is 2.44. The largest absolute Gasteiger partial charge is 0.376 e. The summed E-state index contributed by atoms with van der Waals surface area (Å²) in [7, 11) is 0. The van der Waals surface area contributed by atoms with Crippen LogP contribution in [-0.4, -0.2) is 19.0 Å². The Morgan fingerprint density at radius 2 is 1.60 bits per heavy atom. The number of rotatable bonds is 3. The first-order valence-corrected chi connectivity index (χ1v) is 6.78. The van der Waals surface area contributed by atoms with E-state index in [9.17, 15) is 4.79 Å². The monoisotopic (exact) mass is 264 g/mol. The summed E-state index contributed by atoms with van der Waals surface area (Å²) in [6.07, 6.45) is 2.05. The summed E-state index contributed by atoms with van der Waals surface area (Å²) in [5.74, 6) is 0.221. The highest BCUT2D eigenvalue weighted by molar-refractivity contribution is 6.09. The number of carbonyl (C=O) groups excluding carboxylic acids is 1. The first-order valence-electron chi connectivity index (χ1n) is 6.78. The summed E-state index contributed by atoms with van der Waals surface area (Å²) in [6, 6.07) is 19.5. The minimum atomic E-state index is 0.0613. The van der Waals surface area contributed by atoms with E-state index in [0.29, 0.717) is 13.2 Å². The standard InChI is InChI=1S/C18H16O2/c19-18(15-9-5-2-6-10-15)17-11-16(12-20-13-17)14-7-3-1-4-8-14/h1-11,16H,12-13H2/t16-/m1/s1. The number of ether oxygens (including phenoxy) is 1. The van der Waals surface area contributed by atoms with E-state index in [1.54, 1.807) is 0 Å². The SMILES string of the molecule is O=C(C1=C[C@@H](c2ccccc2)COC1)c1ccccc1. The number of benzene rings is 2. The quantitative estimate of drug-likeness (QED) is 0.792. The van der Waals surface area contributed by atoms with Crippen molar-refractivity contribution in [2.45, 2.75) is 5.92 Å². The molecule has 100 valence electrons. The molecule has 0 fully saturated rings. The van der Waals surface area contributed by atoms with E-state index in [-0.39, 0.29) is 11.7 Å². The Hall–Kier alpha value is -2.19. The van der Waals surface area contributed by atoms with Gasteiger partial charge in [-0.15, -0.1) is 0 Å². The van der Waals surface area contributed by atoms with Gasteiger partial charge in [-0.1, -0.05) is 66.7 Å². The zero-order valence-corrected chi connectivity index (χ0v) is 11.2. The van der Waals surface area contributed by atoms with Crippen molar-refractivity contribution in [1.82, 2.24) is 0 Å². The van der Waals surface area contributed by atoms with Crippen molar-refractivity contribution >= 4 is 5.78 Å². The lowest BCUT2D eigenvalue weighted by Crippen LogP contribution is -2.19. The van der Waals surface area contributed by atoms with Crippen LogP contribution in [0.15, 0.2) is 72.3 Å². The predicted molar refractivity (Wildman–Crippen MR) is 78.9 cm³/mol. The van der Waals surface area contributed by atoms with Crippen molar-refractivity contribution in [2.75, 3.05) is 13.2 Å². The van der Waals surface area contributed by atoms with Crippen LogP contribution in [0.25, 0.3) is 0 Å². The second kappa shape index (κ2) is 5.85. The van der Waals surface area contributed by atoms with Gasteiger partial charge >= 0.3 is 0 Å². The maximum Gasteiger partial charge on any atom is 0.191 e. The first kappa shape index (κ1) is 12.8. The molecule has 2 aromatic carbocycles. The summed E-state index contributed by atoms with van der Waals surface area (Å²) in [4.78, 5) is 12.4. The lowest BCUT2D eigenvalue weighted by atomic mass is 9.93. The second-order valence-electron chi connectivity index (χ2n) is 4.92. The van der Waals surface area contributed by atoms with Crippen LogP contribution in [0, 0.1) is 0 Å². The minimum Gasteiger partial charge on any atom is -0.376 e.